The third-order valence-electron chi connectivity index (χ3n) is 1.48. The third-order valence-corrected chi connectivity index (χ3v) is 2.67. The molecule has 0 spiro atoms. The number of ketones is 1. The summed E-state index contributed by atoms with van der Waals surface area (Å²) in [7, 11) is 0. The summed E-state index contributed by atoms with van der Waals surface area (Å²) in [6, 6.07) is -0.677. The van der Waals surface area contributed by atoms with E-state index in [2.05, 4.69) is 15.9 Å². The predicted octanol–water partition coefficient (Wildman–Crippen LogP) is 0.714. The molecule has 5 nitrogen and oxygen atoms in total. The highest BCUT2D eigenvalue weighted by Crippen LogP contribution is 2.23. The minimum Gasteiger partial charge on any atom is -0.298 e. The van der Waals surface area contributed by atoms with E-state index in [1.165, 1.54) is 6.92 Å². The van der Waals surface area contributed by atoms with Crippen LogP contribution in [-0.2, 0) is 9.59 Å². The highest BCUT2D eigenvalue weighted by Gasteiger charge is 2.43. The van der Waals surface area contributed by atoms with E-state index in [1.54, 1.807) is 0 Å². The van der Waals surface area contributed by atoms with Gasteiger partial charge in [-0.3, -0.25) is 14.5 Å². The van der Waals surface area contributed by atoms with Gasteiger partial charge in [0.1, 0.15) is 5.78 Å². The summed E-state index contributed by atoms with van der Waals surface area (Å²) in [6.45, 7) is 1.21. The molecule has 0 bridgehead atoms. The zero-order valence-corrected chi connectivity index (χ0v) is 9.00. The largest absolute Gasteiger partial charge is 0.343 e. The number of amides is 3. The van der Waals surface area contributed by atoms with Crippen LogP contribution in [0.15, 0.2) is 0 Å². The van der Waals surface area contributed by atoms with Crippen molar-refractivity contribution in [2.75, 3.05) is 6.54 Å². The second-order valence-electron chi connectivity index (χ2n) is 2.57. The molecule has 0 aromatic heterocycles. The minimum absolute atomic E-state index is 0.121. The second-order valence-corrected chi connectivity index (χ2v) is 3.77. The Labute approximate surface area is 87.8 Å². The van der Waals surface area contributed by atoms with Gasteiger partial charge >= 0.3 is 6.03 Å². The number of carbonyl (C=O) groups excluding carboxylic acids is 3. The first-order chi connectivity index (χ1) is 5.95. The Morgan fingerprint density at radius 2 is 2.15 bits per heavy atom. The maximum Gasteiger partial charge on any atom is 0.343 e. The van der Waals surface area contributed by atoms with Gasteiger partial charge in [-0.05, 0) is 6.92 Å². The molecule has 1 unspecified atom stereocenters. The molecule has 1 aliphatic rings. The Bertz CT molecular complexity index is 283. The van der Waals surface area contributed by atoms with E-state index in [9.17, 15) is 14.4 Å². The molecule has 1 heterocycles. The maximum absolute atomic E-state index is 11.2. The third kappa shape index (κ3) is 1.83. The first kappa shape index (κ1) is 10.5. The Hall–Kier alpha value is -0.620. The van der Waals surface area contributed by atoms with Crippen LogP contribution in [-0.4, -0.2) is 38.5 Å². The molecule has 0 saturated carbocycles. The molecule has 0 aromatic carbocycles. The first-order valence-corrected chi connectivity index (χ1v) is 4.64. The molecule has 7 heteroatoms. The highest BCUT2D eigenvalue weighted by atomic mass is 79.9. The quantitative estimate of drug-likeness (QED) is 0.321. The van der Waals surface area contributed by atoms with E-state index in [-0.39, 0.29) is 12.3 Å². The van der Waals surface area contributed by atoms with Gasteiger partial charge in [0.25, 0.3) is 5.91 Å². The lowest BCUT2D eigenvalue weighted by atomic mass is 10.4. The lowest BCUT2D eigenvalue weighted by Crippen LogP contribution is -2.34. The van der Waals surface area contributed by atoms with Crippen LogP contribution in [0.1, 0.15) is 6.92 Å². The van der Waals surface area contributed by atoms with Crippen molar-refractivity contribution in [3.8, 4) is 0 Å². The Balaban J connectivity index is 2.81. The van der Waals surface area contributed by atoms with Gasteiger partial charge in [-0.1, -0.05) is 15.9 Å². The molecule has 3 amide bonds. The van der Waals surface area contributed by atoms with Crippen molar-refractivity contribution in [3.05, 3.63) is 0 Å². The summed E-state index contributed by atoms with van der Waals surface area (Å²) in [6.07, 6.45) is 0. The van der Waals surface area contributed by atoms with Crippen molar-refractivity contribution >= 4 is 45.4 Å². The summed E-state index contributed by atoms with van der Waals surface area (Å²) in [5.74, 6) is -0.787. The van der Waals surface area contributed by atoms with Crippen molar-refractivity contribution in [2.45, 2.75) is 11.9 Å². The molecule has 1 atom stereocenters. The molecule has 1 aliphatic heterocycles. The number of hydrogen-bond acceptors (Lipinski definition) is 3. The molecule has 1 saturated heterocycles. The van der Waals surface area contributed by atoms with Gasteiger partial charge in [-0.2, -0.15) is 4.42 Å². The fraction of sp³-hybridized carbons (Fsp3) is 0.500. The fourth-order valence-corrected chi connectivity index (χ4v) is 1.75. The molecule has 72 valence electrons. The fourth-order valence-electron chi connectivity index (χ4n) is 0.919. The van der Waals surface area contributed by atoms with Crippen LogP contribution in [0.2, 0.25) is 0 Å². The highest BCUT2D eigenvalue weighted by molar-refractivity contribution is 9.10. The van der Waals surface area contributed by atoms with Crippen molar-refractivity contribution in [3.63, 3.8) is 0 Å². The van der Waals surface area contributed by atoms with Crippen LogP contribution in [0.25, 0.3) is 0 Å². The van der Waals surface area contributed by atoms with Gasteiger partial charge in [-0.25, -0.2) is 4.79 Å². The summed E-state index contributed by atoms with van der Waals surface area (Å²) in [5, 5.41) is 0. The van der Waals surface area contributed by atoms with Crippen LogP contribution in [0.3, 0.4) is 0 Å². The van der Waals surface area contributed by atoms with Crippen LogP contribution in [0.4, 0.5) is 4.79 Å². The smallest absolute Gasteiger partial charge is 0.298 e. The number of imide groups is 1. The Morgan fingerprint density at radius 1 is 1.62 bits per heavy atom. The first-order valence-electron chi connectivity index (χ1n) is 3.39. The average Bonchev–Trinajstić information content (AvgIpc) is 2.22. The molecule has 13 heavy (non-hydrogen) atoms. The van der Waals surface area contributed by atoms with Gasteiger partial charge < -0.3 is 0 Å². The number of rotatable bonds is 2. The van der Waals surface area contributed by atoms with Crippen molar-refractivity contribution in [2.24, 2.45) is 0 Å². The zero-order valence-electron chi connectivity index (χ0n) is 6.66. The monoisotopic (exact) mass is 268 g/mol. The van der Waals surface area contributed by atoms with Gasteiger partial charge in [0.15, 0.2) is 4.95 Å². The minimum atomic E-state index is -0.832. The van der Waals surface area contributed by atoms with Gasteiger partial charge in [0.2, 0.25) is 0 Å². The molecule has 0 N–H and O–H groups in total. The standard InChI is InChI=1S/C6H6BrClN2O3/c1-3(11)2-9-4(7)5(12)10(8)6(9)13/h4H,2H2,1H3. The van der Waals surface area contributed by atoms with Crippen LogP contribution in [0, 0.1) is 0 Å². The van der Waals surface area contributed by atoms with E-state index in [0.717, 1.165) is 4.90 Å². The summed E-state index contributed by atoms with van der Waals surface area (Å²) >= 11 is 8.29. The summed E-state index contributed by atoms with van der Waals surface area (Å²) in [5.41, 5.74) is 0. The SMILES string of the molecule is CC(=O)CN1C(=O)N(Cl)C(=O)C1Br. The van der Waals surface area contributed by atoms with Crippen molar-refractivity contribution < 1.29 is 14.4 Å². The van der Waals surface area contributed by atoms with Crippen LogP contribution >= 0.6 is 27.7 Å². The van der Waals surface area contributed by atoms with Crippen LogP contribution < -0.4 is 0 Å². The molecule has 0 radical (unpaired) electrons. The van der Waals surface area contributed by atoms with Crippen LogP contribution in [0.5, 0.6) is 0 Å². The van der Waals surface area contributed by atoms with Crippen molar-refractivity contribution in [1.82, 2.24) is 9.32 Å². The van der Waals surface area contributed by atoms with Gasteiger partial charge in [-0.15, -0.1) is 0 Å². The number of urea groups is 1. The van der Waals surface area contributed by atoms with E-state index in [4.69, 9.17) is 11.8 Å². The Kier molecular flexibility index (Phi) is 2.92. The van der Waals surface area contributed by atoms with E-state index in [1.807, 2.05) is 0 Å². The normalized spacial score (nSPS) is 22.8. The molecule has 0 aromatic rings. The number of nitrogens with zero attached hydrogens (tertiary/aromatic N) is 2. The van der Waals surface area contributed by atoms with Gasteiger partial charge in [0.05, 0.1) is 6.54 Å². The molecule has 1 fully saturated rings. The number of Topliss-reactive ketones (excluding diaryl/α,β-unsaturated/α-hetero) is 1. The average molecular weight is 269 g/mol. The van der Waals surface area contributed by atoms with Gasteiger partial charge in [0, 0.05) is 11.8 Å². The Morgan fingerprint density at radius 3 is 2.46 bits per heavy atom. The molecule has 1 rings (SSSR count). The number of hydrogen-bond donors (Lipinski definition) is 0. The van der Waals surface area contributed by atoms with E-state index < -0.39 is 16.9 Å². The molecular formula is C6H6BrClN2O3. The maximum atomic E-state index is 11.2. The number of carbonyl (C=O) groups is 3. The zero-order chi connectivity index (χ0) is 10.2. The molecule has 0 aliphatic carbocycles. The molecular weight excluding hydrogens is 263 g/mol. The van der Waals surface area contributed by atoms with E-state index in [0.29, 0.717) is 4.42 Å². The summed E-state index contributed by atoms with van der Waals surface area (Å²) < 4.78 is 0.461. The summed E-state index contributed by atoms with van der Waals surface area (Å²) in [4.78, 5) is 33.2. The van der Waals surface area contributed by atoms with E-state index >= 15 is 0 Å². The predicted molar refractivity (Wildman–Crippen MR) is 48.2 cm³/mol. The second kappa shape index (κ2) is 3.63. The number of alkyl halides is 1. The topological polar surface area (TPSA) is 57.7 Å². The van der Waals surface area contributed by atoms with Crippen molar-refractivity contribution in [1.29, 1.82) is 0 Å². The number of halogens is 2. The lowest BCUT2D eigenvalue weighted by Gasteiger charge is -2.14. The lowest BCUT2D eigenvalue weighted by molar-refractivity contribution is -0.123.